The smallest absolute Gasteiger partial charge is 0.0420 e. The van der Waals surface area contributed by atoms with Crippen LogP contribution in [0.1, 0.15) is 0 Å². The molecule has 0 saturated carbocycles. The molecule has 0 bridgehead atoms. The zero-order valence-electron chi connectivity index (χ0n) is 4.47. The van der Waals surface area contributed by atoms with Crippen LogP contribution in [0, 0.1) is 0 Å². The van der Waals surface area contributed by atoms with E-state index in [2.05, 4.69) is 0 Å². The summed E-state index contributed by atoms with van der Waals surface area (Å²) in [6.07, 6.45) is 0. The summed E-state index contributed by atoms with van der Waals surface area (Å²) in [6.45, 7) is 0. The summed E-state index contributed by atoms with van der Waals surface area (Å²) in [7, 11) is 0. The second-order valence-electron chi connectivity index (χ2n) is 1.44. The fraction of sp³-hybridized carbons (Fsp3) is 0. The van der Waals surface area contributed by atoms with Gasteiger partial charge < -0.3 is 0 Å². The maximum Gasteiger partial charge on any atom is 0.0420 e. The Morgan fingerprint density at radius 1 is 1.00 bits per heavy atom. The Bertz CT molecular complexity index is 171. The molecule has 0 saturated heterocycles. The average Bonchev–Trinajstić information content (AvgIpc) is 1.64. The van der Waals surface area contributed by atoms with Gasteiger partial charge >= 0.3 is 0 Å². The fourth-order valence-corrected chi connectivity index (χ4v) is 0.896. The van der Waals surface area contributed by atoms with Crippen LogP contribution in [0.3, 0.4) is 0 Å². The van der Waals surface area contributed by atoms with Gasteiger partial charge in [-0.2, -0.15) is 0 Å². The Hall–Kier alpha value is 0.280. The molecule has 1 aromatic carbocycles. The van der Waals surface area contributed by atoms with Crippen LogP contribution in [-0.4, -0.2) is 0 Å². The van der Waals surface area contributed by atoms with Crippen LogP contribution in [0.5, 0.6) is 0 Å². The number of hydrogen-bond acceptors (Lipinski definition) is 0. The van der Waals surface area contributed by atoms with Gasteiger partial charge in [0.25, 0.3) is 0 Å². The summed E-state index contributed by atoms with van der Waals surface area (Å²) < 4.78 is 0. The average molecular weight is 228 g/mol. The molecule has 0 spiro atoms. The van der Waals surface area contributed by atoms with Gasteiger partial charge in [-0.1, -0.05) is 29.3 Å². The van der Waals surface area contributed by atoms with E-state index in [1.807, 2.05) is 6.07 Å². The van der Waals surface area contributed by atoms with Crippen molar-refractivity contribution in [3.8, 4) is 0 Å². The topological polar surface area (TPSA) is 0 Å². The van der Waals surface area contributed by atoms with E-state index in [1.165, 1.54) is 0 Å². The molecule has 0 heterocycles. The van der Waals surface area contributed by atoms with E-state index in [1.54, 1.807) is 18.2 Å². The number of benzene rings is 1. The van der Waals surface area contributed by atoms with Gasteiger partial charge in [-0.25, -0.2) is 0 Å². The molecule has 1 aromatic rings. The standard InChI is InChI=1S/C6H4Cl2.BrH/c7-5-2-1-3-6(8)4-5;/h1-4H;1H. The molecule has 1 rings (SSSR count). The van der Waals surface area contributed by atoms with Crippen LogP contribution in [0.25, 0.3) is 0 Å². The van der Waals surface area contributed by atoms with Crippen molar-refractivity contribution in [1.29, 1.82) is 0 Å². The number of hydrogen-bond donors (Lipinski definition) is 0. The summed E-state index contributed by atoms with van der Waals surface area (Å²) in [5, 5.41) is 1.36. The summed E-state index contributed by atoms with van der Waals surface area (Å²) in [5.41, 5.74) is 0. The third-order valence-electron chi connectivity index (χ3n) is 0.787. The lowest BCUT2D eigenvalue weighted by atomic mass is 10.4. The quantitative estimate of drug-likeness (QED) is 0.636. The van der Waals surface area contributed by atoms with Gasteiger partial charge in [-0.3, -0.25) is 0 Å². The van der Waals surface area contributed by atoms with E-state index < -0.39 is 0 Å². The minimum absolute atomic E-state index is 0. The van der Waals surface area contributed by atoms with Crippen molar-refractivity contribution < 1.29 is 0 Å². The van der Waals surface area contributed by atoms with Crippen LogP contribution in [0.15, 0.2) is 24.3 Å². The van der Waals surface area contributed by atoms with Crippen LogP contribution in [-0.2, 0) is 0 Å². The van der Waals surface area contributed by atoms with E-state index in [0.29, 0.717) is 10.0 Å². The molecule has 50 valence electrons. The number of halogens is 3. The third-order valence-corrected chi connectivity index (χ3v) is 1.26. The minimum Gasteiger partial charge on any atom is -0.114 e. The Kier molecular flexibility index (Phi) is 4.28. The molecular weight excluding hydrogens is 223 g/mol. The first-order valence-corrected chi connectivity index (χ1v) is 2.96. The van der Waals surface area contributed by atoms with Gasteiger partial charge in [0.15, 0.2) is 0 Å². The van der Waals surface area contributed by atoms with Crippen LogP contribution < -0.4 is 0 Å². The molecule has 0 fully saturated rings. The van der Waals surface area contributed by atoms with E-state index in [-0.39, 0.29) is 17.0 Å². The normalized spacial score (nSPS) is 8.22. The van der Waals surface area contributed by atoms with Crippen molar-refractivity contribution in [3.05, 3.63) is 34.3 Å². The van der Waals surface area contributed by atoms with Crippen molar-refractivity contribution in [2.75, 3.05) is 0 Å². The molecule has 3 heteroatoms. The lowest BCUT2D eigenvalue weighted by Crippen LogP contribution is -1.61. The maximum atomic E-state index is 5.56. The maximum absolute atomic E-state index is 5.56. The lowest BCUT2D eigenvalue weighted by molar-refractivity contribution is 1.71. The highest BCUT2D eigenvalue weighted by Crippen LogP contribution is 2.13. The molecule has 0 aliphatic rings. The first-order chi connectivity index (χ1) is 3.79. The molecule has 0 N–H and O–H groups in total. The highest BCUT2D eigenvalue weighted by Gasteiger charge is 1.84. The van der Waals surface area contributed by atoms with E-state index in [9.17, 15) is 0 Å². The Morgan fingerprint density at radius 2 is 1.44 bits per heavy atom. The van der Waals surface area contributed by atoms with Crippen molar-refractivity contribution in [2.24, 2.45) is 0 Å². The first-order valence-electron chi connectivity index (χ1n) is 2.20. The molecule has 9 heavy (non-hydrogen) atoms. The van der Waals surface area contributed by atoms with Crippen molar-refractivity contribution >= 4 is 40.2 Å². The first kappa shape index (κ1) is 9.28. The Balaban J connectivity index is 0.000000640. The SMILES string of the molecule is Br.Clc1cccc(Cl)c1. The lowest BCUT2D eigenvalue weighted by Gasteiger charge is -1.86. The highest BCUT2D eigenvalue weighted by molar-refractivity contribution is 8.93. The van der Waals surface area contributed by atoms with Gasteiger partial charge in [-0.05, 0) is 18.2 Å². The molecule has 0 aliphatic heterocycles. The molecule has 0 radical (unpaired) electrons. The summed E-state index contributed by atoms with van der Waals surface area (Å²) in [6, 6.07) is 7.08. The zero-order chi connectivity index (χ0) is 5.98. The van der Waals surface area contributed by atoms with Gasteiger partial charge in [0.2, 0.25) is 0 Å². The monoisotopic (exact) mass is 226 g/mol. The van der Waals surface area contributed by atoms with Gasteiger partial charge in [0.05, 0.1) is 0 Å². The summed E-state index contributed by atoms with van der Waals surface area (Å²) >= 11 is 11.1. The van der Waals surface area contributed by atoms with Gasteiger partial charge in [0.1, 0.15) is 0 Å². The van der Waals surface area contributed by atoms with E-state index in [4.69, 9.17) is 23.2 Å². The molecule has 0 aromatic heterocycles. The third kappa shape index (κ3) is 3.09. The molecule has 0 amide bonds. The Labute approximate surface area is 74.6 Å². The molecular formula is C6H5BrCl2. The molecule has 0 atom stereocenters. The van der Waals surface area contributed by atoms with Crippen molar-refractivity contribution in [2.45, 2.75) is 0 Å². The molecule has 0 unspecified atom stereocenters. The van der Waals surface area contributed by atoms with Crippen LogP contribution in [0.4, 0.5) is 0 Å². The Morgan fingerprint density at radius 3 is 1.67 bits per heavy atom. The van der Waals surface area contributed by atoms with Crippen molar-refractivity contribution in [3.63, 3.8) is 0 Å². The summed E-state index contributed by atoms with van der Waals surface area (Å²) in [5.74, 6) is 0. The fourth-order valence-electron chi connectivity index (χ4n) is 0.460. The second-order valence-corrected chi connectivity index (χ2v) is 2.31. The number of rotatable bonds is 0. The second kappa shape index (κ2) is 4.15. The highest BCUT2D eigenvalue weighted by atomic mass is 79.9. The minimum atomic E-state index is 0. The molecule has 0 aliphatic carbocycles. The van der Waals surface area contributed by atoms with Gasteiger partial charge in [0, 0.05) is 10.0 Å². The van der Waals surface area contributed by atoms with Crippen LogP contribution in [0.2, 0.25) is 10.0 Å². The zero-order valence-corrected chi connectivity index (χ0v) is 7.70. The van der Waals surface area contributed by atoms with Gasteiger partial charge in [-0.15, -0.1) is 17.0 Å². The van der Waals surface area contributed by atoms with Crippen LogP contribution >= 0.6 is 40.2 Å². The predicted molar refractivity (Wildman–Crippen MR) is 46.8 cm³/mol. The van der Waals surface area contributed by atoms with E-state index in [0.717, 1.165) is 0 Å². The van der Waals surface area contributed by atoms with E-state index >= 15 is 0 Å². The molecule has 0 nitrogen and oxygen atoms in total. The predicted octanol–water partition coefficient (Wildman–Crippen LogP) is 3.57. The van der Waals surface area contributed by atoms with Crippen molar-refractivity contribution in [1.82, 2.24) is 0 Å². The summed E-state index contributed by atoms with van der Waals surface area (Å²) in [4.78, 5) is 0. The largest absolute Gasteiger partial charge is 0.114 e.